The molecular weight excluding hydrogens is 326 g/mol. The second-order valence-electron chi connectivity index (χ2n) is 4.82. The van der Waals surface area contributed by atoms with E-state index < -0.39 is 0 Å². The molecule has 2 aromatic rings. The van der Waals surface area contributed by atoms with Crippen LogP contribution in [0.1, 0.15) is 37.2 Å². The van der Waals surface area contributed by atoms with Crippen molar-refractivity contribution < 1.29 is 0 Å². The van der Waals surface area contributed by atoms with Gasteiger partial charge in [-0.25, -0.2) is 9.67 Å². The molecule has 0 aliphatic rings. The third kappa shape index (κ3) is 3.57. The zero-order chi connectivity index (χ0) is 13.8. The topological polar surface area (TPSA) is 30.7 Å². The number of aromatic nitrogens is 3. The molecule has 1 unspecified atom stereocenters. The summed E-state index contributed by atoms with van der Waals surface area (Å²) in [5.41, 5.74) is 1.23. The molecule has 0 radical (unpaired) electrons. The highest BCUT2D eigenvalue weighted by atomic mass is 79.9. The lowest BCUT2D eigenvalue weighted by molar-refractivity contribution is 0.496. The van der Waals surface area contributed by atoms with Crippen molar-refractivity contribution >= 4 is 27.5 Å². The first-order valence-electron chi connectivity index (χ1n) is 6.31. The summed E-state index contributed by atoms with van der Waals surface area (Å²) in [6.45, 7) is 4.21. The standard InChI is InChI=1S/C14H17BrClN3/c1-10(2)19-14(17-9-18-19)7-12(8-16)11-3-5-13(15)6-4-11/h3-6,9-10,12H,7-8H2,1-2H3. The van der Waals surface area contributed by atoms with Gasteiger partial charge >= 0.3 is 0 Å². The van der Waals surface area contributed by atoms with Crippen molar-refractivity contribution in [3.05, 3.63) is 46.5 Å². The van der Waals surface area contributed by atoms with E-state index in [2.05, 4.69) is 52.0 Å². The molecule has 5 heteroatoms. The quantitative estimate of drug-likeness (QED) is 0.763. The summed E-state index contributed by atoms with van der Waals surface area (Å²) in [6, 6.07) is 8.61. The summed E-state index contributed by atoms with van der Waals surface area (Å²) in [6.07, 6.45) is 2.42. The lowest BCUT2D eigenvalue weighted by Crippen LogP contribution is -2.13. The first kappa shape index (κ1) is 14.5. The summed E-state index contributed by atoms with van der Waals surface area (Å²) in [5.74, 6) is 1.83. The minimum absolute atomic E-state index is 0.261. The summed E-state index contributed by atoms with van der Waals surface area (Å²) in [7, 11) is 0. The Hall–Kier alpha value is -0.870. The fraction of sp³-hybridized carbons (Fsp3) is 0.429. The van der Waals surface area contributed by atoms with E-state index in [1.165, 1.54) is 5.56 Å². The second kappa shape index (κ2) is 6.53. The largest absolute Gasteiger partial charge is 0.248 e. The molecule has 1 heterocycles. The minimum atomic E-state index is 0.261. The van der Waals surface area contributed by atoms with Gasteiger partial charge in [-0.3, -0.25) is 0 Å². The predicted octanol–water partition coefficient (Wildman–Crippen LogP) is 4.19. The number of alkyl halides is 1. The highest BCUT2D eigenvalue weighted by molar-refractivity contribution is 9.10. The zero-order valence-electron chi connectivity index (χ0n) is 11.1. The van der Waals surface area contributed by atoms with Crippen molar-refractivity contribution in [2.24, 2.45) is 0 Å². The molecule has 19 heavy (non-hydrogen) atoms. The molecule has 0 amide bonds. The molecule has 2 rings (SSSR count). The molecule has 0 bridgehead atoms. The second-order valence-corrected chi connectivity index (χ2v) is 6.05. The molecule has 1 aromatic carbocycles. The Kier molecular flexibility index (Phi) is 4.99. The van der Waals surface area contributed by atoms with Gasteiger partial charge in [0.2, 0.25) is 0 Å². The molecule has 0 saturated carbocycles. The van der Waals surface area contributed by atoms with Crippen LogP contribution in [0.3, 0.4) is 0 Å². The Morgan fingerprint density at radius 2 is 1.95 bits per heavy atom. The van der Waals surface area contributed by atoms with E-state index in [1.54, 1.807) is 6.33 Å². The number of rotatable bonds is 5. The van der Waals surface area contributed by atoms with Crippen LogP contribution in [0.2, 0.25) is 0 Å². The Morgan fingerprint density at radius 3 is 2.53 bits per heavy atom. The summed E-state index contributed by atoms with van der Waals surface area (Å²) in [4.78, 5) is 4.35. The molecule has 0 saturated heterocycles. The normalized spacial score (nSPS) is 12.9. The highest BCUT2D eigenvalue weighted by Crippen LogP contribution is 2.24. The average Bonchev–Trinajstić information content (AvgIpc) is 2.85. The van der Waals surface area contributed by atoms with Crippen molar-refractivity contribution in [3.8, 4) is 0 Å². The van der Waals surface area contributed by atoms with Crippen LogP contribution < -0.4 is 0 Å². The van der Waals surface area contributed by atoms with Gasteiger partial charge in [-0.1, -0.05) is 28.1 Å². The monoisotopic (exact) mass is 341 g/mol. The Balaban J connectivity index is 2.19. The van der Waals surface area contributed by atoms with Gasteiger partial charge in [-0.05, 0) is 31.5 Å². The van der Waals surface area contributed by atoms with Crippen molar-refractivity contribution in [2.45, 2.75) is 32.2 Å². The Bertz CT molecular complexity index is 522. The van der Waals surface area contributed by atoms with Crippen molar-refractivity contribution in [3.63, 3.8) is 0 Å². The third-order valence-corrected chi connectivity index (χ3v) is 3.99. The first-order valence-corrected chi connectivity index (χ1v) is 7.64. The van der Waals surface area contributed by atoms with Crippen molar-refractivity contribution in [1.82, 2.24) is 14.8 Å². The first-order chi connectivity index (χ1) is 9.11. The molecule has 1 atom stereocenters. The van der Waals surface area contributed by atoms with Crippen molar-refractivity contribution in [1.29, 1.82) is 0 Å². The Labute approximate surface area is 127 Å². The van der Waals surface area contributed by atoms with E-state index in [-0.39, 0.29) is 5.92 Å². The van der Waals surface area contributed by atoms with E-state index in [0.29, 0.717) is 11.9 Å². The molecule has 0 aliphatic heterocycles. The average molecular weight is 343 g/mol. The zero-order valence-corrected chi connectivity index (χ0v) is 13.4. The van der Waals surface area contributed by atoms with Gasteiger partial charge in [0.25, 0.3) is 0 Å². The van der Waals surface area contributed by atoms with Gasteiger partial charge in [0.1, 0.15) is 12.2 Å². The number of nitrogens with zero attached hydrogens (tertiary/aromatic N) is 3. The third-order valence-electron chi connectivity index (χ3n) is 3.09. The highest BCUT2D eigenvalue weighted by Gasteiger charge is 2.16. The summed E-state index contributed by atoms with van der Waals surface area (Å²) in [5, 5.41) is 4.27. The van der Waals surface area contributed by atoms with Crippen LogP contribution in [-0.4, -0.2) is 20.6 Å². The van der Waals surface area contributed by atoms with Crippen LogP contribution in [0.25, 0.3) is 0 Å². The van der Waals surface area contributed by atoms with Crippen molar-refractivity contribution in [2.75, 3.05) is 5.88 Å². The van der Waals surface area contributed by atoms with Crippen LogP contribution in [0.4, 0.5) is 0 Å². The van der Waals surface area contributed by atoms with Gasteiger partial charge in [-0.2, -0.15) is 5.10 Å². The van der Waals surface area contributed by atoms with Crippen LogP contribution >= 0.6 is 27.5 Å². The van der Waals surface area contributed by atoms with E-state index in [1.807, 2.05) is 16.8 Å². The maximum atomic E-state index is 6.12. The Morgan fingerprint density at radius 1 is 1.26 bits per heavy atom. The van der Waals surface area contributed by atoms with Crippen LogP contribution in [0, 0.1) is 0 Å². The van der Waals surface area contributed by atoms with Crippen LogP contribution in [-0.2, 0) is 6.42 Å². The van der Waals surface area contributed by atoms with E-state index >= 15 is 0 Å². The van der Waals surface area contributed by atoms with Crippen LogP contribution in [0.15, 0.2) is 35.1 Å². The minimum Gasteiger partial charge on any atom is -0.248 e. The maximum Gasteiger partial charge on any atom is 0.138 e. The van der Waals surface area contributed by atoms with Gasteiger partial charge in [0.05, 0.1) is 0 Å². The number of halogens is 2. The number of hydrogen-bond acceptors (Lipinski definition) is 2. The lowest BCUT2D eigenvalue weighted by atomic mass is 9.97. The van der Waals surface area contributed by atoms with Crippen LogP contribution in [0.5, 0.6) is 0 Å². The summed E-state index contributed by atoms with van der Waals surface area (Å²) >= 11 is 9.57. The maximum absolute atomic E-state index is 6.12. The van der Waals surface area contributed by atoms with E-state index in [9.17, 15) is 0 Å². The fourth-order valence-electron chi connectivity index (χ4n) is 2.07. The van der Waals surface area contributed by atoms with Gasteiger partial charge < -0.3 is 0 Å². The smallest absolute Gasteiger partial charge is 0.138 e. The van der Waals surface area contributed by atoms with Gasteiger partial charge in [0, 0.05) is 28.7 Å². The van der Waals surface area contributed by atoms with Gasteiger partial charge in [-0.15, -0.1) is 11.6 Å². The molecule has 0 fully saturated rings. The van der Waals surface area contributed by atoms with E-state index in [4.69, 9.17) is 11.6 Å². The molecule has 1 aromatic heterocycles. The predicted molar refractivity (Wildman–Crippen MR) is 81.7 cm³/mol. The fourth-order valence-corrected chi connectivity index (χ4v) is 2.62. The molecular formula is C14H17BrClN3. The molecule has 3 nitrogen and oxygen atoms in total. The SMILES string of the molecule is CC(C)n1ncnc1CC(CCl)c1ccc(Br)cc1. The molecule has 0 N–H and O–H groups in total. The van der Waals surface area contributed by atoms with E-state index in [0.717, 1.165) is 16.7 Å². The molecule has 0 spiro atoms. The molecule has 102 valence electrons. The lowest BCUT2D eigenvalue weighted by Gasteiger charge is -2.16. The van der Waals surface area contributed by atoms with Gasteiger partial charge in [0.15, 0.2) is 0 Å². The molecule has 0 aliphatic carbocycles. The number of hydrogen-bond donors (Lipinski definition) is 0. The summed E-state index contributed by atoms with van der Waals surface area (Å²) < 4.78 is 3.04. The number of benzene rings is 1.